The normalized spacial score (nSPS) is 23.3. The highest BCUT2D eigenvalue weighted by molar-refractivity contribution is 5.97. The molecule has 1 saturated heterocycles. The molecule has 1 fully saturated rings. The quantitative estimate of drug-likeness (QED) is 0.143. The first-order chi connectivity index (χ1) is 17.9. The maximum absolute atomic E-state index is 13.1. The van der Waals surface area contributed by atoms with E-state index in [1.807, 2.05) is 0 Å². The van der Waals surface area contributed by atoms with Gasteiger partial charge in [0.05, 0.1) is 17.5 Å². The fourth-order valence-corrected chi connectivity index (χ4v) is 3.70. The molecule has 0 spiro atoms. The maximum atomic E-state index is 13.1. The van der Waals surface area contributed by atoms with Gasteiger partial charge in [-0.1, -0.05) is 40.2 Å². The number of ether oxygens (including phenoxy) is 3. The number of aliphatic carboxylic acids is 1. The molecule has 2 rings (SSSR count). The van der Waals surface area contributed by atoms with Crippen LogP contribution in [0.5, 0.6) is 5.75 Å². The molecule has 5 atom stereocenters. The summed E-state index contributed by atoms with van der Waals surface area (Å²) in [5.41, 5.74) is 6.55. The van der Waals surface area contributed by atoms with Crippen molar-refractivity contribution in [2.24, 2.45) is 11.7 Å². The number of carbonyl (C=O) groups is 3. The van der Waals surface area contributed by atoms with Gasteiger partial charge >= 0.3 is 11.9 Å². The molecule has 0 bridgehead atoms. The molecular formula is C26H41N3O9. The Morgan fingerprint density at radius 2 is 1.74 bits per heavy atom. The molecule has 1 aliphatic heterocycles. The van der Waals surface area contributed by atoms with Gasteiger partial charge in [0.1, 0.15) is 24.6 Å². The predicted molar refractivity (Wildman–Crippen MR) is 137 cm³/mol. The smallest absolute Gasteiger partial charge is 0.335 e. The number of hydrogen-bond acceptors (Lipinski definition) is 10. The Bertz CT molecular complexity index is 941. The van der Waals surface area contributed by atoms with Crippen molar-refractivity contribution >= 4 is 17.8 Å². The number of aliphatic hydroxyl groups excluding tert-OH is 2. The van der Waals surface area contributed by atoms with Crippen LogP contribution in [0.15, 0.2) is 18.2 Å². The second kappa shape index (κ2) is 15.0. The lowest BCUT2D eigenvalue weighted by Gasteiger charge is -2.39. The SMILES string of the molecule is CC(C)NCCCCCNC(=O)c1cc(COC(=O)C(C)C)ccc1O[C@H]1O[C@H](C(=O)O)[C@@H](O)[C@H](O)[C@H]1N. The number of esters is 1. The largest absolute Gasteiger partial charge is 0.479 e. The van der Waals surface area contributed by atoms with Crippen molar-refractivity contribution in [2.75, 3.05) is 13.1 Å². The molecule has 1 aliphatic rings. The Labute approximate surface area is 222 Å². The lowest BCUT2D eigenvalue weighted by molar-refractivity contribution is -0.236. The van der Waals surface area contributed by atoms with Crippen LogP contribution in [0.3, 0.4) is 0 Å². The van der Waals surface area contributed by atoms with Crippen LogP contribution in [0, 0.1) is 5.92 Å². The predicted octanol–water partition coefficient (Wildman–Crippen LogP) is 0.521. The molecule has 1 amide bonds. The number of hydrogen-bond donors (Lipinski definition) is 6. The first-order valence-electron chi connectivity index (χ1n) is 12.9. The summed E-state index contributed by atoms with van der Waals surface area (Å²) in [6.07, 6.45) is -3.98. The molecule has 7 N–H and O–H groups in total. The highest BCUT2D eigenvalue weighted by Gasteiger charge is 2.47. The van der Waals surface area contributed by atoms with Gasteiger partial charge in [-0.15, -0.1) is 0 Å². The fourth-order valence-electron chi connectivity index (χ4n) is 3.70. The van der Waals surface area contributed by atoms with Crippen LogP contribution in [0.25, 0.3) is 0 Å². The van der Waals surface area contributed by atoms with Crippen LogP contribution < -0.4 is 21.1 Å². The minimum atomic E-state index is -1.77. The zero-order valence-corrected chi connectivity index (χ0v) is 22.4. The van der Waals surface area contributed by atoms with Gasteiger partial charge in [-0.05, 0) is 37.1 Å². The van der Waals surface area contributed by atoms with Crippen LogP contribution in [0.4, 0.5) is 0 Å². The van der Waals surface area contributed by atoms with Crippen LogP contribution in [-0.2, 0) is 25.7 Å². The summed E-state index contributed by atoms with van der Waals surface area (Å²) in [7, 11) is 0. The third-order valence-electron chi connectivity index (χ3n) is 5.97. The molecule has 0 aromatic heterocycles. The van der Waals surface area contributed by atoms with Gasteiger partial charge in [0.2, 0.25) is 6.29 Å². The van der Waals surface area contributed by atoms with E-state index in [9.17, 15) is 29.7 Å². The van der Waals surface area contributed by atoms with Crippen molar-refractivity contribution in [2.45, 2.75) is 90.2 Å². The van der Waals surface area contributed by atoms with Gasteiger partial charge in [-0.25, -0.2) is 4.79 Å². The summed E-state index contributed by atoms with van der Waals surface area (Å²) in [6, 6.07) is 3.66. The summed E-state index contributed by atoms with van der Waals surface area (Å²) < 4.78 is 16.3. The highest BCUT2D eigenvalue weighted by Crippen LogP contribution is 2.27. The summed E-state index contributed by atoms with van der Waals surface area (Å²) in [5, 5.41) is 35.7. The number of carbonyl (C=O) groups excluding carboxylic acids is 2. The number of carboxylic acids is 1. The third kappa shape index (κ3) is 9.21. The molecule has 12 heteroatoms. The van der Waals surface area contributed by atoms with Crippen molar-refractivity contribution < 1.29 is 43.9 Å². The summed E-state index contributed by atoms with van der Waals surface area (Å²) in [6.45, 7) is 8.81. The molecule has 214 valence electrons. The van der Waals surface area contributed by atoms with Crippen molar-refractivity contribution in [1.82, 2.24) is 10.6 Å². The Morgan fingerprint density at radius 3 is 2.37 bits per heavy atom. The maximum Gasteiger partial charge on any atom is 0.335 e. The highest BCUT2D eigenvalue weighted by atomic mass is 16.7. The average molecular weight is 540 g/mol. The van der Waals surface area contributed by atoms with E-state index in [4.69, 9.17) is 19.9 Å². The molecule has 1 heterocycles. The standard InChI is InChI=1S/C26H41N3O9/c1-14(2)25(35)36-13-16-8-9-18(37-26-19(27)20(30)21(31)22(38-26)24(33)34)17(12-16)23(32)29-11-7-5-6-10-28-15(3)4/h8-9,12,14-15,19-22,26,28,30-31H,5-7,10-11,13,27H2,1-4H3,(H,29,32)(H,33,34)/t19-,20-,21+,22+,26+/m1/s1. The molecule has 0 unspecified atom stereocenters. The number of nitrogens with one attached hydrogen (secondary N) is 2. The molecule has 0 radical (unpaired) electrons. The average Bonchev–Trinajstić information content (AvgIpc) is 2.86. The second-order valence-electron chi connectivity index (χ2n) is 9.96. The van der Waals surface area contributed by atoms with Gasteiger partial charge < -0.3 is 45.9 Å². The van der Waals surface area contributed by atoms with E-state index in [-0.39, 0.29) is 23.8 Å². The van der Waals surface area contributed by atoms with Gasteiger partial charge in [0.15, 0.2) is 6.10 Å². The monoisotopic (exact) mass is 539 g/mol. The van der Waals surface area contributed by atoms with E-state index in [0.717, 1.165) is 25.8 Å². The fraction of sp³-hybridized carbons (Fsp3) is 0.654. The Morgan fingerprint density at radius 1 is 1.05 bits per heavy atom. The van der Waals surface area contributed by atoms with E-state index in [1.165, 1.54) is 12.1 Å². The summed E-state index contributed by atoms with van der Waals surface area (Å²) in [4.78, 5) is 36.4. The number of benzene rings is 1. The summed E-state index contributed by atoms with van der Waals surface area (Å²) in [5.74, 6) is -2.64. The topological polar surface area (TPSA) is 190 Å². The zero-order chi connectivity index (χ0) is 28.4. The minimum Gasteiger partial charge on any atom is -0.479 e. The van der Waals surface area contributed by atoms with Crippen molar-refractivity contribution in [3.05, 3.63) is 29.3 Å². The third-order valence-corrected chi connectivity index (χ3v) is 5.97. The molecule has 12 nitrogen and oxygen atoms in total. The van der Waals surface area contributed by atoms with Crippen LogP contribution in [-0.4, -0.2) is 82.9 Å². The first kappa shape index (κ1) is 31.4. The number of unbranched alkanes of at least 4 members (excludes halogenated alkanes) is 2. The molecule has 0 saturated carbocycles. The number of carboxylic acid groups (broad SMARTS) is 1. The van der Waals surface area contributed by atoms with Crippen molar-refractivity contribution in [1.29, 1.82) is 0 Å². The Kier molecular flexibility index (Phi) is 12.4. The molecule has 1 aromatic rings. The molecular weight excluding hydrogens is 498 g/mol. The van der Waals surface area contributed by atoms with E-state index in [0.29, 0.717) is 18.2 Å². The lowest BCUT2D eigenvalue weighted by Crippen LogP contribution is -2.64. The lowest BCUT2D eigenvalue weighted by atomic mass is 9.97. The van der Waals surface area contributed by atoms with Gasteiger partial charge in [-0.2, -0.15) is 0 Å². The Balaban J connectivity index is 2.15. The van der Waals surface area contributed by atoms with E-state index >= 15 is 0 Å². The second-order valence-corrected chi connectivity index (χ2v) is 9.96. The van der Waals surface area contributed by atoms with Crippen LogP contribution >= 0.6 is 0 Å². The minimum absolute atomic E-state index is 0.0238. The van der Waals surface area contributed by atoms with Gasteiger partial charge in [0, 0.05) is 12.6 Å². The zero-order valence-electron chi connectivity index (χ0n) is 22.4. The van der Waals surface area contributed by atoms with E-state index < -0.39 is 48.5 Å². The summed E-state index contributed by atoms with van der Waals surface area (Å²) >= 11 is 0. The first-order valence-corrected chi connectivity index (χ1v) is 12.9. The van der Waals surface area contributed by atoms with Gasteiger partial charge in [0.25, 0.3) is 5.91 Å². The van der Waals surface area contributed by atoms with Crippen LogP contribution in [0.2, 0.25) is 0 Å². The molecule has 1 aromatic carbocycles. The number of amides is 1. The van der Waals surface area contributed by atoms with E-state index in [1.54, 1.807) is 19.9 Å². The molecule has 38 heavy (non-hydrogen) atoms. The Hall–Kier alpha value is -2.77. The van der Waals surface area contributed by atoms with E-state index in [2.05, 4.69) is 24.5 Å². The number of rotatable bonds is 14. The number of aliphatic hydroxyl groups is 2. The van der Waals surface area contributed by atoms with Crippen molar-refractivity contribution in [3.63, 3.8) is 0 Å². The number of nitrogens with two attached hydrogens (primary N) is 1. The van der Waals surface area contributed by atoms with Crippen molar-refractivity contribution in [3.8, 4) is 5.75 Å². The molecule has 0 aliphatic carbocycles. The van der Waals surface area contributed by atoms with Gasteiger partial charge in [-0.3, -0.25) is 9.59 Å². The van der Waals surface area contributed by atoms with Crippen LogP contribution in [0.1, 0.15) is 62.9 Å².